The maximum atomic E-state index is 11.5. The van der Waals surface area contributed by atoms with E-state index in [1.165, 1.54) is 0 Å². The topological polar surface area (TPSA) is 35.6 Å². The molecule has 0 aromatic carbocycles. The van der Waals surface area contributed by atoms with E-state index in [2.05, 4.69) is 33.9 Å². The molecule has 1 aliphatic rings. The van der Waals surface area contributed by atoms with Gasteiger partial charge in [-0.2, -0.15) is 0 Å². The standard InChI is InChI=1S/C13H23N3O/c1-3-5-7-15-8-10-16(11-9-15)12-13(17)14-6-4-2/h4,6-12H2,1-2H3,(H,14,17). The third-order valence-corrected chi connectivity index (χ3v) is 2.88. The summed E-state index contributed by atoms with van der Waals surface area (Å²) in [6.45, 7) is 10.0. The van der Waals surface area contributed by atoms with Crippen molar-refractivity contribution in [3.63, 3.8) is 0 Å². The fourth-order valence-electron chi connectivity index (χ4n) is 1.82. The molecular weight excluding hydrogens is 214 g/mol. The minimum atomic E-state index is 0.147. The van der Waals surface area contributed by atoms with Crippen LogP contribution in [0.1, 0.15) is 20.3 Å². The number of nitrogens with one attached hydrogen (secondary N) is 1. The van der Waals surface area contributed by atoms with Crippen LogP contribution in [-0.4, -0.2) is 61.5 Å². The summed E-state index contributed by atoms with van der Waals surface area (Å²) in [5.74, 6) is 6.14. The molecule has 0 bridgehead atoms. The van der Waals surface area contributed by atoms with Gasteiger partial charge in [-0.15, -0.1) is 5.92 Å². The second kappa shape index (κ2) is 8.10. The van der Waals surface area contributed by atoms with Crippen molar-refractivity contribution < 1.29 is 4.79 Å². The quantitative estimate of drug-likeness (QED) is 0.692. The van der Waals surface area contributed by atoms with Gasteiger partial charge in [-0.1, -0.05) is 12.8 Å². The summed E-state index contributed by atoms with van der Waals surface area (Å²) in [6.07, 6.45) is 0.995. The number of hydrogen-bond donors (Lipinski definition) is 1. The van der Waals surface area contributed by atoms with Crippen LogP contribution in [0, 0.1) is 11.8 Å². The average Bonchev–Trinajstić information content (AvgIpc) is 2.35. The number of rotatable bonds is 5. The Kier molecular flexibility index (Phi) is 6.68. The van der Waals surface area contributed by atoms with Crippen LogP contribution in [0.5, 0.6) is 0 Å². The Morgan fingerprint density at radius 2 is 1.88 bits per heavy atom. The summed E-state index contributed by atoms with van der Waals surface area (Å²) in [5.41, 5.74) is 0. The lowest BCUT2D eigenvalue weighted by Crippen LogP contribution is -2.49. The van der Waals surface area contributed by atoms with E-state index in [9.17, 15) is 4.79 Å². The van der Waals surface area contributed by atoms with E-state index >= 15 is 0 Å². The largest absolute Gasteiger partial charge is 0.355 e. The van der Waals surface area contributed by atoms with E-state index in [0.717, 1.165) is 45.7 Å². The Balaban J connectivity index is 2.17. The van der Waals surface area contributed by atoms with Crippen molar-refractivity contribution >= 4 is 5.91 Å². The zero-order chi connectivity index (χ0) is 12.5. The van der Waals surface area contributed by atoms with Gasteiger partial charge >= 0.3 is 0 Å². The molecule has 1 rings (SSSR count). The Morgan fingerprint density at radius 1 is 1.24 bits per heavy atom. The molecule has 0 aromatic heterocycles. The molecule has 1 heterocycles. The molecule has 0 aliphatic carbocycles. The maximum absolute atomic E-state index is 11.5. The minimum absolute atomic E-state index is 0.147. The molecule has 1 saturated heterocycles. The molecule has 0 radical (unpaired) electrons. The maximum Gasteiger partial charge on any atom is 0.234 e. The Labute approximate surface area is 104 Å². The van der Waals surface area contributed by atoms with E-state index in [1.54, 1.807) is 0 Å². The van der Waals surface area contributed by atoms with Gasteiger partial charge in [0.25, 0.3) is 0 Å². The highest BCUT2D eigenvalue weighted by molar-refractivity contribution is 5.77. The third kappa shape index (κ3) is 5.71. The smallest absolute Gasteiger partial charge is 0.234 e. The van der Waals surface area contributed by atoms with Crippen LogP contribution in [0.4, 0.5) is 0 Å². The van der Waals surface area contributed by atoms with Gasteiger partial charge in [0.2, 0.25) is 5.91 Å². The van der Waals surface area contributed by atoms with E-state index in [1.807, 2.05) is 6.92 Å². The highest BCUT2D eigenvalue weighted by Crippen LogP contribution is 2.00. The van der Waals surface area contributed by atoms with Gasteiger partial charge in [0.15, 0.2) is 0 Å². The van der Waals surface area contributed by atoms with E-state index < -0.39 is 0 Å². The lowest BCUT2D eigenvalue weighted by atomic mass is 10.3. The number of nitrogens with zero attached hydrogens (tertiary/aromatic N) is 2. The van der Waals surface area contributed by atoms with Crippen LogP contribution in [-0.2, 0) is 4.79 Å². The number of carbonyl (C=O) groups is 1. The summed E-state index contributed by atoms with van der Waals surface area (Å²) < 4.78 is 0. The Hall–Kier alpha value is -1.05. The molecule has 1 fully saturated rings. The summed E-state index contributed by atoms with van der Waals surface area (Å²) in [4.78, 5) is 16.1. The molecule has 0 aromatic rings. The second-order valence-corrected chi connectivity index (χ2v) is 4.33. The summed E-state index contributed by atoms with van der Waals surface area (Å²) in [7, 11) is 0. The summed E-state index contributed by atoms with van der Waals surface area (Å²) >= 11 is 0. The SMILES string of the molecule is CC#CCN1CCN(CC(=O)NCCC)CC1. The molecule has 1 N–H and O–H groups in total. The lowest BCUT2D eigenvalue weighted by Gasteiger charge is -2.33. The van der Waals surface area contributed by atoms with Crippen LogP contribution in [0.3, 0.4) is 0 Å². The van der Waals surface area contributed by atoms with Crippen molar-refractivity contribution in [2.75, 3.05) is 45.8 Å². The fourth-order valence-corrected chi connectivity index (χ4v) is 1.82. The van der Waals surface area contributed by atoms with Crippen LogP contribution >= 0.6 is 0 Å². The van der Waals surface area contributed by atoms with Gasteiger partial charge in [-0.3, -0.25) is 14.6 Å². The van der Waals surface area contributed by atoms with Crippen molar-refractivity contribution in [1.82, 2.24) is 15.1 Å². The molecule has 17 heavy (non-hydrogen) atoms. The van der Waals surface area contributed by atoms with Gasteiger partial charge < -0.3 is 5.32 Å². The number of hydrogen-bond acceptors (Lipinski definition) is 3. The minimum Gasteiger partial charge on any atom is -0.355 e. The molecule has 4 heteroatoms. The van der Waals surface area contributed by atoms with Crippen molar-refractivity contribution in [1.29, 1.82) is 0 Å². The average molecular weight is 237 g/mol. The van der Waals surface area contributed by atoms with Crippen molar-refractivity contribution in [3.8, 4) is 11.8 Å². The number of carbonyl (C=O) groups excluding carboxylic acids is 1. The molecule has 1 aliphatic heterocycles. The van der Waals surface area contributed by atoms with Crippen molar-refractivity contribution in [2.45, 2.75) is 20.3 Å². The molecule has 0 atom stereocenters. The number of amides is 1. The van der Waals surface area contributed by atoms with Crippen LogP contribution in [0.25, 0.3) is 0 Å². The van der Waals surface area contributed by atoms with E-state index in [-0.39, 0.29) is 5.91 Å². The normalized spacial score (nSPS) is 17.3. The van der Waals surface area contributed by atoms with Gasteiger partial charge in [0.1, 0.15) is 0 Å². The highest BCUT2D eigenvalue weighted by atomic mass is 16.2. The predicted octanol–water partition coefficient (Wildman–Crippen LogP) is 0.154. The zero-order valence-electron chi connectivity index (χ0n) is 11.0. The van der Waals surface area contributed by atoms with E-state index in [4.69, 9.17) is 0 Å². The van der Waals surface area contributed by atoms with Gasteiger partial charge in [0.05, 0.1) is 13.1 Å². The molecule has 4 nitrogen and oxygen atoms in total. The first-order chi connectivity index (χ1) is 8.26. The molecule has 0 saturated carbocycles. The van der Waals surface area contributed by atoms with Crippen molar-refractivity contribution in [3.05, 3.63) is 0 Å². The predicted molar refractivity (Wildman–Crippen MR) is 69.6 cm³/mol. The molecule has 0 unspecified atom stereocenters. The Bertz CT molecular complexity index is 285. The lowest BCUT2D eigenvalue weighted by molar-refractivity contribution is -0.122. The van der Waals surface area contributed by atoms with Crippen LogP contribution < -0.4 is 5.32 Å². The summed E-state index contributed by atoms with van der Waals surface area (Å²) in [6, 6.07) is 0. The highest BCUT2D eigenvalue weighted by Gasteiger charge is 2.17. The molecule has 96 valence electrons. The van der Waals surface area contributed by atoms with Gasteiger partial charge in [0, 0.05) is 32.7 Å². The first kappa shape index (κ1) is 14.0. The molecular formula is C13H23N3O. The van der Waals surface area contributed by atoms with Crippen LogP contribution in [0.2, 0.25) is 0 Å². The molecule has 1 amide bonds. The van der Waals surface area contributed by atoms with Crippen molar-refractivity contribution in [2.24, 2.45) is 0 Å². The first-order valence-electron chi connectivity index (χ1n) is 6.37. The fraction of sp³-hybridized carbons (Fsp3) is 0.769. The molecule has 0 spiro atoms. The first-order valence-corrected chi connectivity index (χ1v) is 6.37. The second-order valence-electron chi connectivity index (χ2n) is 4.33. The summed E-state index contributed by atoms with van der Waals surface area (Å²) in [5, 5.41) is 2.91. The van der Waals surface area contributed by atoms with Crippen LogP contribution in [0.15, 0.2) is 0 Å². The Morgan fingerprint density at radius 3 is 2.47 bits per heavy atom. The van der Waals surface area contributed by atoms with E-state index in [0.29, 0.717) is 6.54 Å². The number of piperazine rings is 1. The van der Waals surface area contributed by atoms with Gasteiger partial charge in [-0.25, -0.2) is 0 Å². The zero-order valence-corrected chi connectivity index (χ0v) is 11.0. The van der Waals surface area contributed by atoms with Gasteiger partial charge in [-0.05, 0) is 13.3 Å². The monoisotopic (exact) mass is 237 g/mol. The third-order valence-electron chi connectivity index (χ3n) is 2.88.